The number of carbonyl (C=O) groups is 1. The van der Waals surface area contributed by atoms with Crippen molar-refractivity contribution >= 4 is 45.8 Å². The second-order valence-electron chi connectivity index (χ2n) is 3.70. The molecule has 0 spiro atoms. The number of nitrogens with one attached hydrogen (secondary N) is 1. The van der Waals surface area contributed by atoms with Crippen molar-refractivity contribution in [3.05, 3.63) is 62.2 Å². The fourth-order valence-corrected chi connectivity index (χ4v) is 2.32. The largest absolute Gasteiger partial charge is 0.321 e. The minimum Gasteiger partial charge on any atom is -0.321 e. The Morgan fingerprint density at radius 1 is 1.11 bits per heavy atom. The molecule has 1 N–H and O–H groups in total. The third-order valence-corrected chi connectivity index (χ3v) is 3.56. The van der Waals surface area contributed by atoms with E-state index in [0.29, 0.717) is 9.26 Å². The third kappa shape index (κ3) is 3.42. The zero-order valence-electron chi connectivity index (χ0n) is 9.38. The summed E-state index contributed by atoms with van der Waals surface area (Å²) in [5.41, 5.74) is 0.621. The Morgan fingerprint density at radius 3 is 2.37 bits per heavy atom. The van der Waals surface area contributed by atoms with E-state index < -0.39 is 11.7 Å². The summed E-state index contributed by atoms with van der Waals surface area (Å²) in [6.07, 6.45) is 0. The lowest BCUT2D eigenvalue weighted by atomic mass is 10.2. The van der Waals surface area contributed by atoms with Crippen LogP contribution in [0.5, 0.6) is 0 Å². The summed E-state index contributed by atoms with van der Waals surface area (Å²) < 4.78 is 26.4. The molecule has 0 fully saturated rings. The van der Waals surface area contributed by atoms with E-state index in [-0.39, 0.29) is 16.4 Å². The zero-order chi connectivity index (χ0) is 14.0. The number of halogens is 4. The van der Waals surface area contributed by atoms with E-state index >= 15 is 0 Å². The van der Waals surface area contributed by atoms with E-state index in [1.807, 2.05) is 22.6 Å². The molecule has 0 saturated heterocycles. The predicted octanol–water partition coefficient (Wildman–Crippen LogP) is 4.48. The van der Waals surface area contributed by atoms with E-state index in [4.69, 9.17) is 11.6 Å². The normalized spacial score (nSPS) is 10.3. The number of anilines is 1. The number of amides is 1. The van der Waals surface area contributed by atoms with Crippen molar-refractivity contribution in [3.8, 4) is 0 Å². The van der Waals surface area contributed by atoms with Gasteiger partial charge in [-0.3, -0.25) is 4.79 Å². The first-order valence-electron chi connectivity index (χ1n) is 5.19. The van der Waals surface area contributed by atoms with Crippen LogP contribution in [0.2, 0.25) is 5.02 Å². The molecule has 0 aliphatic carbocycles. The van der Waals surface area contributed by atoms with Gasteiger partial charge in [0, 0.05) is 3.57 Å². The monoisotopic (exact) mass is 393 g/mol. The van der Waals surface area contributed by atoms with Crippen molar-refractivity contribution in [2.75, 3.05) is 5.32 Å². The number of carbonyl (C=O) groups excluding carboxylic acids is 1. The summed E-state index contributed by atoms with van der Waals surface area (Å²) in [4.78, 5) is 12.0. The highest BCUT2D eigenvalue weighted by Crippen LogP contribution is 2.22. The van der Waals surface area contributed by atoms with Gasteiger partial charge < -0.3 is 5.32 Å². The van der Waals surface area contributed by atoms with Gasteiger partial charge in [-0.15, -0.1) is 0 Å². The molecule has 1 amide bonds. The van der Waals surface area contributed by atoms with E-state index in [1.54, 1.807) is 0 Å². The number of hydrogen-bond donors (Lipinski definition) is 1. The van der Waals surface area contributed by atoms with Gasteiger partial charge in [-0.2, -0.15) is 0 Å². The first-order chi connectivity index (χ1) is 8.97. The number of benzene rings is 2. The van der Waals surface area contributed by atoms with Gasteiger partial charge in [-0.1, -0.05) is 11.6 Å². The van der Waals surface area contributed by atoms with E-state index in [2.05, 4.69) is 5.32 Å². The highest BCUT2D eigenvalue weighted by Gasteiger charge is 2.12. The highest BCUT2D eigenvalue weighted by atomic mass is 127. The van der Waals surface area contributed by atoms with Gasteiger partial charge in [0.2, 0.25) is 0 Å². The summed E-state index contributed by atoms with van der Waals surface area (Å²) in [7, 11) is 0. The lowest BCUT2D eigenvalue weighted by molar-refractivity contribution is 0.102. The zero-order valence-corrected chi connectivity index (χ0v) is 12.3. The van der Waals surface area contributed by atoms with Crippen molar-refractivity contribution in [3.63, 3.8) is 0 Å². The van der Waals surface area contributed by atoms with Crippen LogP contribution in [0.1, 0.15) is 10.4 Å². The van der Waals surface area contributed by atoms with Gasteiger partial charge in [0.1, 0.15) is 11.6 Å². The van der Waals surface area contributed by atoms with Gasteiger partial charge in [0.15, 0.2) is 0 Å². The van der Waals surface area contributed by atoms with Crippen LogP contribution in [-0.2, 0) is 0 Å². The molecule has 0 atom stereocenters. The van der Waals surface area contributed by atoms with Crippen molar-refractivity contribution in [2.45, 2.75) is 0 Å². The molecular formula is C13H7ClF2INO. The lowest BCUT2D eigenvalue weighted by Crippen LogP contribution is -2.13. The molecule has 0 aromatic heterocycles. The summed E-state index contributed by atoms with van der Waals surface area (Å²) in [6, 6.07) is 7.49. The molecule has 6 heteroatoms. The fraction of sp³-hybridized carbons (Fsp3) is 0. The van der Waals surface area contributed by atoms with Gasteiger partial charge in [-0.25, -0.2) is 8.78 Å². The standard InChI is InChI=1S/C13H7ClF2INO/c14-10-5-7(15)1-3-9(10)13(19)18-12-4-2-8(16)6-11(12)17/h1-6H,(H,18,19). The summed E-state index contributed by atoms with van der Waals surface area (Å²) in [6.45, 7) is 0. The highest BCUT2D eigenvalue weighted by molar-refractivity contribution is 14.1. The predicted molar refractivity (Wildman–Crippen MR) is 78.5 cm³/mol. The second kappa shape index (κ2) is 5.83. The molecule has 2 aromatic carbocycles. The first-order valence-corrected chi connectivity index (χ1v) is 6.64. The van der Waals surface area contributed by atoms with Crippen LogP contribution in [0.4, 0.5) is 14.5 Å². The van der Waals surface area contributed by atoms with E-state index in [0.717, 1.165) is 12.1 Å². The molecule has 19 heavy (non-hydrogen) atoms. The van der Waals surface area contributed by atoms with Gasteiger partial charge >= 0.3 is 0 Å². The van der Waals surface area contributed by atoms with Crippen LogP contribution in [-0.4, -0.2) is 5.91 Å². The number of hydrogen-bond acceptors (Lipinski definition) is 1. The van der Waals surface area contributed by atoms with Crippen molar-refractivity contribution in [2.24, 2.45) is 0 Å². The molecule has 0 unspecified atom stereocenters. The van der Waals surface area contributed by atoms with Crippen LogP contribution >= 0.6 is 34.2 Å². The minimum atomic E-state index is -0.516. The first kappa shape index (κ1) is 14.2. The Bertz CT molecular complexity index is 649. The maximum absolute atomic E-state index is 12.9. The molecule has 98 valence electrons. The quantitative estimate of drug-likeness (QED) is 0.749. The third-order valence-electron chi connectivity index (χ3n) is 2.36. The Balaban J connectivity index is 2.25. The minimum absolute atomic E-state index is 0.0228. The molecule has 2 rings (SSSR count). The van der Waals surface area contributed by atoms with Crippen molar-refractivity contribution < 1.29 is 13.6 Å². The average molecular weight is 394 g/mol. The molecule has 0 aliphatic heterocycles. The van der Waals surface area contributed by atoms with Crippen LogP contribution in [0.15, 0.2) is 36.4 Å². The van der Waals surface area contributed by atoms with E-state index in [1.165, 1.54) is 24.3 Å². The van der Waals surface area contributed by atoms with Crippen LogP contribution in [0, 0.1) is 15.2 Å². The fourth-order valence-electron chi connectivity index (χ4n) is 1.45. The van der Waals surface area contributed by atoms with Crippen LogP contribution in [0.25, 0.3) is 0 Å². The van der Waals surface area contributed by atoms with Crippen LogP contribution in [0.3, 0.4) is 0 Å². The molecule has 2 aromatic rings. The summed E-state index contributed by atoms with van der Waals surface area (Å²) >= 11 is 7.70. The molecule has 0 heterocycles. The maximum Gasteiger partial charge on any atom is 0.257 e. The Morgan fingerprint density at radius 2 is 1.74 bits per heavy atom. The summed E-state index contributed by atoms with van der Waals surface area (Å²) in [5, 5.41) is 2.62. The van der Waals surface area contributed by atoms with Crippen LogP contribution < -0.4 is 5.32 Å². The lowest BCUT2D eigenvalue weighted by Gasteiger charge is -2.08. The van der Waals surface area contributed by atoms with Gasteiger partial charge in [0.25, 0.3) is 5.91 Å². The van der Waals surface area contributed by atoms with E-state index in [9.17, 15) is 13.6 Å². The Labute approximate surface area is 126 Å². The SMILES string of the molecule is O=C(Nc1ccc(F)cc1I)c1ccc(F)cc1Cl. The van der Waals surface area contributed by atoms with Gasteiger partial charge in [0.05, 0.1) is 16.3 Å². The molecule has 0 bridgehead atoms. The smallest absolute Gasteiger partial charge is 0.257 e. The molecule has 0 aliphatic rings. The average Bonchev–Trinajstić information content (AvgIpc) is 2.32. The summed E-state index contributed by atoms with van der Waals surface area (Å²) in [5.74, 6) is -1.38. The maximum atomic E-state index is 12.9. The topological polar surface area (TPSA) is 29.1 Å². The Hall–Kier alpha value is -1.21. The molecule has 0 saturated carbocycles. The second-order valence-corrected chi connectivity index (χ2v) is 5.27. The molecular weight excluding hydrogens is 387 g/mol. The van der Waals surface area contributed by atoms with Crippen molar-refractivity contribution in [1.29, 1.82) is 0 Å². The molecule has 0 radical (unpaired) electrons. The Kier molecular flexibility index (Phi) is 4.36. The van der Waals surface area contributed by atoms with Gasteiger partial charge in [-0.05, 0) is 59.0 Å². The van der Waals surface area contributed by atoms with Crippen molar-refractivity contribution in [1.82, 2.24) is 0 Å². The molecule has 2 nitrogen and oxygen atoms in total. The number of rotatable bonds is 2.